The second kappa shape index (κ2) is 10.3. The van der Waals surface area contributed by atoms with E-state index in [4.69, 9.17) is 9.72 Å². The molecule has 0 amide bonds. The Bertz CT molecular complexity index is 1490. The van der Waals surface area contributed by atoms with Gasteiger partial charge in [-0.2, -0.15) is 0 Å². The molecule has 0 aliphatic heterocycles. The maximum absolute atomic E-state index is 12.2. The van der Waals surface area contributed by atoms with E-state index in [0.717, 1.165) is 33.5 Å². The summed E-state index contributed by atoms with van der Waals surface area (Å²) in [5.74, 6) is 1.85. The molecule has 8 heteroatoms. The molecule has 0 saturated carbocycles. The van der Waals surface area contributed by atoms with Crippen LogP contribution in [0.25, 0.3) is 22.4 Å². The first-order valence-electron chi connectivity index (χ1n) is 12.0. The van der Waals surface area contributed by atoms with Gasteiger partial charge in [-0.05, 0) is 47.7 Å². The summed E-state index contributed by atoms with van der Waals surface area (Å²) in [6.07, 6.45) is 1.21. The number of nitrogens with one attached hydrogen (secondary N) is 1. The zero-order chi connectivity index (χ0) is 26.0. The zero-order valence-corrected chi connectivity index (χ0v) is 22.2. The number of nitrogens with zero attached hydrogens (tertiary/aromatic N) is 2. The highest BCUT2D eigenvalue weighted by molar-refractivity contribution is 7.90. The fraction of sp³-hybridized carbons (Fsp3) is 0.321. The van der Waals surface area contributed by atoms with Crippen LogP contribution in [-0.4, -0.2) is 43.0 Å². The number of imidazole rings is 1. The lowest BCUT2D eigenvalue weighted by Crippen LogP contribution is -2.08. The van der Waals surface area contributed by atoms with E-state index in [9.17, 15) is 13.5 Å². The lowest BCUT2D eigenvalue weighted by atomic mass is 10.0. The van der Waals surface area contributed by atoms with E-state index in [0.29, 0.717) is 30.4 Å². The second-order valence-electron chi connectivity index (χ2n) is 9.27. The van der Waals surface area contributed by atoms with Gasteiger partial charge in [0.2, 0.25) is 0 Å². The van der Waals surface area contributed by atoms with Gasteiger partial charge in [0.05, 0.1) is 29.8 Å². The molecule has 0 bridgehead atoms. The molecule has 0 atom stereocenters. The number of aliphatic hydroxyl groups excluding tert-OH is 1. The van der Waals surface area contributed by atoms with Crippen molar-refractivity contribution in [1.82, 2.24) is 9.55 Å². The molecule has 0 fully saturated rings. The molecule has 0 saturated heterocycles. The molecule has 1 aromatic heterocycles. The van der Waals surface area contributed by atoms with Crippen LogP contribution in [0.3, 0.4) is 0 Å². The third-order valence-electron chi connectivity index (χ3n) is 6.48. The molecule has 190 valence electrons. The largest absolute Gasteiger partial charge is 0.494 e. The number of hydrogen-bond acceptors (Lipinski definition) is 6. The van der Waals surface area contributed by atoms with E-state index < -0.39 is 9.84 Å². The van der Waals surface area contributed by atoms with Crippen molar-refractivity contribution < 1.29 is 18.3 Å². The van der Waals surface area contributed by atoms with Gasteiger partial charge in [0, 0.05) is 24.9 Å². The number of aryl methyl sites for hydroxylation is 1. The van der Waals surface area contributed by atoms with Crippen molar-refractivity contribution in [3.63, 3.8) is 0 Å². The van der Waals surface area contributed by atoms with Crippen molar-refractivity contribution >= 4 is 26.6 Å². The zero-order valence-electron chi connectivity index (χ0n) is 21.4. The lowest BCUT2D eigenvalue weighted by Gasteiger charge is -2.15. The molecule has 0 spiro atoms. The molecule has 7 nitrogen and oxygen atoms in total. The van der Waals surface area contributed by atoms with Gasteiger partial charge in [-0.15, -0.1) is 0 Å². The number of rotatable bonds is 9. The predicted molar refractivity (Wildman–Crippen MR) is 145 cm³/mol. The number of ether oxygens (including phenoxy) is 1. The quantitative estimate of drug-likeness (QED) is 0.325. The summed E-state index contributed by atoms with van der Waals surface area (Å²) in [5, 5.41) is 13.1. The Morgan fingerprint density at radius 3 is 2.42 bits per heavy atom. The topological polar surface area (TPSA) is 93.5 Å². The van der Waals surface area contributed by atoms with Crippen LogP contribution in [0.2, 0.25) is 0 Å². The molecule has 2 N–H and O–H groups in total. The number of anilines is 1. The van der Waals surface area contributed by atoms with E-state index in [1.807, 2.05) is 17.6 Å². The van der Waals surface area contributed by atoms with Crippen LogP contribution in [-0.2, 0) is 22.9 Å². The molecule has 4 rings (SSSR count). The third kappa shape index (κ3) is 4.96. The van der Waals surface area contributed by atoms with Crippen LogP contribution in [0.1, 0.15) is 36.5 Å². The van der Waals surface area contributed by atoms with Gasteiger partial charge in [0.1, 0.15) is 17.1 Å². The number of fused-ring (bicyclic) bond motifs is 1. The number of aliphatic hydroxyl groups is 1. The molecule has 4 aromatic rings. The van der Waals surface area contributed by atoms with Crippen LogP contribution in [0.15, 0.2) is 59.5 Å². The van der Waals surface area contributed by atoms with E-state index >= 15 is 0 Å². The van der Waals surface area contributed by atoms with Crippen molar-refractivity contribution in [2.45, 2.75) is 44.7 Å². The van der Waals surface area contributed by atoms with Crippen molar-refractivity contribution in [3.05, 3.63) is 71.3 Å². The number of hydrogen-bond donors (Lipinski definition) is 2. The van der Waals surface area contributed by atoms with E-state index in [1.54, 1.807) is 31.4 Å². The number of sulfone groups is 1. The molecular formula is C28H33N3O4S. The van der Waals surface area contributed by atoms with Crippen LogP contribution in [0.4, 0.5) is 5.69 Å². The van der Waals surface area contributed by atoms with Crippen LogP contribution in [0.5, 0.6) is 5.75 Å². The van der Waals surface area contributed by atoms with Gasteiger partial charge >= 0.3 is 0 Å². The summed E-state index contributed by atoms with van der Waals surface area (Å²) in [7, 11) is -1.75. The van der Waals surface area contributed by atoms with Crippen LogP contribution in [0, 0.1) is 6.92 Å². The van der Waals surface area contributed by atoms with Crippen molar-refractivity contribution in [2.24, 2.45) is 0 Å². The van der Waals surface area contributed by atoms with Crippen LogP contribution < -0.4 is 10.1 Å². The molecule has 0 unspecified atom stereocenters. The molecular weight excluding hydrogens is 474 g/mol. The Balaban J connectivity index is 1.80. The second-order valence-corrected chi connectivity index (χ2v) is 11.3. The van der Waals surface area contributed by atoms with E-state index in [2.05, 4.69) is 43.4 Å². The van der Waals surface area contributed by atoms with E-state index in [1.165, 1.54) is 11.8 Å². The number of benzene rings is 3. The highest BCUT2D eigenvalue weighted by atomic mass is 32.2. The van der Waals surface area contributed by atoms with Gasteiger partial charge in [-0.3, -0.25) is 0 Å². The maximum Gasteiger partial charge on any atom is 0.177 e. The Kier molecular flexibility index (Phi) is 7.38. The molecule has 36 heavy (non-hydrogen) atoms. The first-order chi connectivity index (χ1) is 17.2. The Morgan fingerprint density at radius 1 is 1.11 bits per heavy atom. The summed E-state index contributed by atoms with van der Waals surface area (Å²) >= 11 is 0. The summed E-state index contributed by atoms with van der Waals surface area (Å²) in [4.78, 5) is 5.26. The smallest absolute Gasteiger partial charge is 0.177 e. The number of para-hydroxylation sites is 1. The predicted octanol–water partition coefficient (Wildman–Crippen LogP) is 5.15. The molecule has 1 heterocycles. The van der Waals surface area contributed by atoms with Gasteiger partial charge < -0.3 is 19.7 Å². The SMILES string of the molecule is COc1cc(CNc2ccccc2S(C)(=O)=O)c(C)c2nc(-c3ccc(C(C)C)cc3)n(CCO)c12. The third-order valence-corrected chi connectivity index (χ3v) is 7.63. The first-order valence-corrected chi connectivity index (χ1v) is 13.9. The Labute approximate surface area is 212 Å². The average molecular weight is 508 g/mol. The highest BCUT2D eigenvalue weighted by Gasteiger charge is 2.21. The summed E-state index contributed by atoms with van der Waals surface area (Å²) in [6.45, 7) is 7.07. The van der Waals surface area contributed by atoms with Crippen LogP contribution >= 0.6 is 0 Å². The molecule has 0 radical (unpaired) electrons. The summed E-state index contributed by atoms with van der Waals surface area (Å²) in [5.41, 5.74) is 6.29. The van der Waals surface area contributed by atoms with Crippen molar-refractivity contribution in [3.8, 4) is 17.1 Å². The summed E-state index contributed by atoms with van der Waals surface area (Å²) in [6, 6.07) is 17.2. The standard InChI is InChI=1S/C28H33N3O4S/c1-18(2)20-10-12-21(13-11-20)28-30-26-19(3)22(16-24(35-4)27(26)31(28)14-15-32)17-29-23-8-6-7-9-25(23)36(5,33)34/h6-13,16,18,29,32H,14-15,17H2,1-5H3. The Hall–Kier alpha value is -3.36. The number of aromatic nitrogens is 2. The number of methoxy groups -OCH3 is 1. The first kappa shape index (κ1) is 25.7. The fourth-order valence-electron chi connectivity index (χ4n) is 4.47. The minimum absolute atomic E-state index is 0.0314. The monoisotopic (exact) mass is 507 g/mol. The fourth-order valence-corrected chi connectivity index (χ4v) is 5.34. The van der Waals surface area contributed by atoms with E-state index in [-0.39, 0.29) is 11.5 Å². The minimum Gasteiger partial charge on any atom is -0.494 e. The van der Waals surface area contributed by atoms with Crippen molar-refractivity contribution in [2.75, 3.05) is 25.3 Å². The average Bonchev–Trinajstić information content (AvgIpc) is 3.23. The van der Waals surface area contributed by atoms with Crippen molar-refractivity contribution in [1.29, 1.82) is 0 Å². The maximum atomic E-state index is 12.2. The Morgan fingerprint density at radius 2 is 1.81 bits per heavy atom. The molecule has 3 aromatic carbocycles. The normalized spacial score (nSPS) is 11.9. The van der Waals surface area contributed by atoms with Gasteiger partial charge in [-0.1, -0.05) is 50.2 Å². The van der Waals surface area contributed by atoms with Gasteiger partial charge in [0.15, 0.2) is 9.84 Å². The minimum atomic E-state index is -3.37. The summed E-state index contributed by atoms with van der Waals surface area (Å²) < 4.78 is 32.2. The highest BCUT2D eigenvalue weighted by Crippen LogP contribution is 2.36. The van der Waals surface area contributed by atoms with Gasteiger partial charge in [0.25, 0.3) is 0 Å². The lowest BCUT2D eigenvalue weighted by molar-refractivity contribution is 0.278. The van der Waals surface area contributed by atoms with Gasteiger partial charge in [-0.25, -0.2) is 13.4 Å². The molecule has 0 aliphatic carbocycles. The molecule has 0 aliphatic rings.